The molecule has 234 valence electrons. The minimum atomic E-state index is -0.847. The molecule has 46 heavy (non-hydrogen) atoms. The molecule has 5 rings (SSSR count). The first kappa shape index (κ1) is 31.5. The molecule has 1 aromatic heterocycles. The van der Waals surface area contributed by atoms with Gasteiger partial charge in [0.05, 0.1) is 44.4 Å². The predicted molar refractivity (Wildman–Crippen MR) is 169 cm³/mol. The highest BCUT2D eigenvalue weighted by atomic mass is 32.1. The van der Waals surface area contributed by atoms with Crippen LogP contribution in [0.25, 0.3) is 6.08 Å². The molecule has 0 radical (unpaired) electrons. The molecular weight excluding hydrogens is 616 g/mol. The van der Waals surface area contributed by atoms with Gasteiger partial charge in [0.25, 0.3) is 11.2 Å². The summed E-state index contributed by atoms with van der Waals surface area (Å²) in [6, 6.07) is 15.8. The van der Waals surface area contributed by atoms with E-state index in [9.17, 15) is 29.8 Å². The number of thiazole rings is 1. The Morgan fingerprint density at radius 1 is 1.07 bits per heavy atom. The van der Waals surface area contributed by atoms with Gasteiger partial charge in [-0.3, -0.25) is 29.6 Å². The zero-order chi connectivity index (χ0) is 33.0. The summed E-state index contributed by atoms with van der Waals surface area (Å²) in [5.41, 5.74) is 0.163. The van der Waals surface area contributed by atoms with Crippen LogP contribution in [0.3, 0.4) is 0 Å². The van der Waals surface area contributed by atoms with E-state index in [1.54, 1.807) is 74.5 Å². The Morgan fingerprint density at radius 2 is 1.80 bits per heavy atom. The van der Waals surface area contributed by atoms with Crippen LogP contribution in [0.15, 0.2) is 100 Å². The molecule has 1 aliphatic heterocycles. The van der Waals surface area contributed by atoms with Crippen molar-refractivity contribution in [1.29, 1.82) is 0 Å². The third kappa shape index (κ3) is 6.32. The number of nitro benzene ring substituents is 2. The molecular formula is C32H26N4O9S. The van der Waals surface area contributed by atoms with E-state index in [-0.39, 0.29) is 28.2 Å². The molecule has 0 bridgehead atoms. The fourth-order valence-electron chi connectivity index (χ4n) is 4.81. The lowest BCUT2D eigenvalue weighted by molar-refractivity contribution is -0.394. The molecule has 1 aliphatic rings. The van der Waals surface area contributed by atoms with E-state index < -0.39 is 38.8 Å². The molecule has 0 saturated carbocycles. The number of non-ortho nitro benzene ring substituents is 1. The minimum absolute atomic E-state index is 0.130. The van der Waals surface area contributed by atoms with Crippen molar-refractivity contribution in [1.82, 2.24) is 4.57 Å². The molecule has 0 unspecified atom stereocenters. The molecule has 13 nitrogen and oxygen atoms in total. The summed E-state index contributed by atoms with van der Waals surface area (Å²) in [6.07, 6.45) is 3.18. The van der Waals surface area contributed by atoms with Gasteiger partial charge >= 0.3 is 11.7 Å². The number of allylic oxidation sites excluding steroid dienone is 1. The number of rotatable bonds is 11. The van der Waals surface area contributed by atoms with E-state index in [0.29, 0.717) is 34.0 Å². The van der Waals surface area contributed by atoms with Gasteiger partial charge in [0.15, 0.2) is 4.80 Å². The summed E-state index contributed by atoms with van der Waals surface area (Å²) < 4.78 is 18.5. The van der Waals surface area contributed by atoms with Crippen LogP contribution in [0.5, 0.6) is 17.2 Å². The number of carbonyl (C=O) groups excluding carboxylic acids is 1. The summed E-state index contributed by atoms with van der Waals surface area (Å²) in [4.78, 5) is 53.4. The van der Waals surface area contributed by atoms with Gasteiger partial charge in [-0.05, 0) is 49.8 Å². The number of esters is 1. The van der Waals surface area contributed by atoms with Gasteiger partial charge in [-0.15, -0.1) is 0 Å². The SMILES string of the molecule is C=CCOc1ccc([C@H]2C(C(=O)OCC)=C(C)N=c3s/c(=C/c4ccccc4Oc4ccc([N+](=O)[O-])cc4[N+](=O)[O-])c(=O)n32)cc1. The van der Waals surface area contributed by atoms with Gasteiger partial charge < -0.3 is 14.2 Å². The van der Waals surface area contributed by atoms with Gasteiger partial charge in [-0.1, -0.05) is 54.3 Å². The van der Waals surface area contributed by atoms with Crippen LogP contribution in [0.2, 0.25) is 0 Å². The quantitative estimate of drug-likeness (QED) is 0.0950. The number of ether oxygens (including phenoxy) is 3. The Labute approximate surface area is 264 Å². The molecule has 14 heteroatoms. The summed E-state index contributed by atoms with van der Waals surface area (Å²) in [7, 11) is 0. The highest BCUT2D eigenvalue weighted by Crippen LogP contribution is 2.36. The van der Waals surface area contributed by atoms with Crippen LogP contribution in [-0.4, -0.2) is 33.6 Å². The van der Waals surface area contributed by atoms with E-state index in [1.807, 2.05) is 0 Å². The first-order chi connectivity index (χ1) is 22.1. The lowest BCUT2D eigenvalue weighted by atomic mass is 9.96. The fourth-order valence-corrected chi connectivity index (χ4v) is 5.85. The van der Waals surface area contributed by atoms with Gasteiger partial charge in [0.1, 0.15) is 18.1 Å². The number of carbonyl (C=O) groups is 1. The zero-order valence-corrected chi connectivity index (χ0v) is 25.4. The summed E-state index contributed by atoms with van der Waals surface area (Å²) in [5, 5.41) is 22.8. The standard InChI is InChI=1S/C32H26N4O9S/c1-4-16-44-23-13-10-20(11-14-23)29-28(31(38)43-5-2)19(3)33-32-34(29)30(37)27(46-32)17-21-8-6-7-9-25(21)45-26-15-12-22(35(39)40)18-24(26)36(41)42/h4,6-15,17-18,29H,1,5,16H2,2-3H3/b27-17+/t29-/m0/s1. The molecule has 2 heterocycles. The van der Waals surface area contributed by atoms with Crippen molar-refractivity contribution in [2.24, 2.45) is 4.99 Å². The predicted octanol–water partition coefficient (Wildman–Crippen LogP) is 4.97. The molecule has 0 saturated heterocycles. The number of nitro groups is 2. The summed E-state index contributed by atoms with van der Waals surface area (Å²) in [6.45, 7) is 7.45. The largest absolute Gasteiger partial charge is 0.490 e. The van der Waals surface area contributed by atoms with Gasteiger partial charge in [0.2, 0.25) is 5.75 Å². The number of hydrogen-bond acceptors (Lipinski definition) is 11. The maximum Gasteiger partial charge on any atom is 0.338 e. The number of para-hydroxylation sites is 1. The number of fused-ring (bicyclic) bond motifs is 1. The minimum Gasteiger partial charge on any atom is -0.490 e. The summed E-state index contributed by atoms with van der Waals surface area (Å²) in [5.74, 6) is -0.0637. The molecule has 4 aromatic rings. The van der Waals surface area contributed by atoms with Crippen LogP contribution in [0.1, 0.15) is 31.0 Å². The Kier molecular flexibility index (Phi) is 9.18. The average Bonchev–Trinajstić information content (AvgIpc) is 3.34. The second-order valence-corrected chi connectivity index (χ2v) is 10.8. The van der Waals surface area contributed by atoms with Crippen LogP contribution in [-0.2, 0) is 9.53 Å². The first-order valence-electron chi connectivity index (χ1n) is 13.9. The van der Waals surface area contributed by atoms with E-state index in [0.717, 1.165) is 29.5 Å². The number of hydrogen-bond donors (Lipinski definition) is 0. The second kappa shape index (κ2) is 13.4. The number of benzene rings is 3. The van der Waals surface area contributed by atoms with E-state index in [2.05, 4.69) is 11.6 Å². The number of aromatic nitrogens is 1. The third-order valence-corrected chi connectivity index (χ3v) is 7.84. The van der Waals surface area contributed by atoms with E-state index in [1.165, 1.54) is 4.57 Å². The molecule has 0 spiro atoms. The maximum absolute atomic E-state index is 14.0. The second-order valence-electron chi connectivity index (χ2n) is 9.78. The van der Waals surface area contributed by atoms with Crippen LogP contribution < -0.4 is 24.4 Å². The van der Waals surface area contributed by atoms with Crippen LogP contribution in [0, 0.1) is 20.2 Å². The Balaban J connectivity index is 1.62. The Morgan fingerprint density at radius 3 is 2.48 bits per heavy atom. The topological polar surface area (TPSA) is 165 Å². The highest BCUT2D eigenvalue weighted by molar-refractivity contribution is 7.07. The van der Waals surface area contributed by atoms with Crippen molar-refractivity contribution >= 4 is 34.8 Å². The molecule has 0 fully saturated rings. The van der Waals surface area contributed by atoms with Crippen molar-refractivity contribution in [2.75, 3.05) is 13.2 Å². The zero-order valence-electron chi connectivity index (χ0n) is 24.6. The first-order valence-corrected chi connectivity index (χ1v) is 14.7. The van der Waals surface area contributed by atoms with Gasteiger partial charge in [-0.2, -0.15) is 0 Å². The molecule has 1 atom stereocenters. The smallest absolute Gasteiger partial charge is 0.338 e. The molecule has 0 N–H and O–H groups in total. The van der Waals surface area contributed by atoms with Gasteiger partial charge in [0, 0.05) is 11.6 Å². The van der Waals surface area contributed by atoms with Crippen molar-refractivity contribution < 1.29 is 28.9 Å². The average molecular weight is 643 g/mol. The molecule has 0 amide bonds. The van der Waals surface area contributed by atoms with Crippen molar-refractivity contribution in [3.63, 3.8) is 0 Å². The monoisotopic (exact) mass is 642 g/mol. The third-order valence-electron chi connectivity index (χ3n) is 6.86. The Bertz CT molecular complexity index is 2080. The lowest BCUT2D eigenvalue weighted by Gasteiger charge is -2.24. The molecule has 3 aromatic carbocycles. The maximum atomic E-state index is 14.0. The molecule has 0 aliphatic carbocycles. The fraction of sp³-hybridized carbons (Fsp3) is 0.156. The summed E-state index contributed by atoms with van der Waals surface area (Å²) >= 11 is 1.10. The van der Waals surface area contributed by atoms with E-state index >= 15 is 0 Å². The van der Waals surface area contributed by atoms with Crippen molar-refractivity contribution in [3.8, 4) is 17.2 Å². The number of nitrogens with zero attached hydrogens (tertiary/aromatic N) is 4. The van der Waals surface area contributed by atoms with Crippen LogP contribution in [0.4, 0.5) is 11.4 Å². The van der Waals surface area contributed by atoms with Crippen molar-refractivity contribution in [3.05, 3.63) is 142 Å². The van der Waals surface area contributed by atoms with Crippen LogP contribution >= 0.6 is 11.3 Å². The van der Waals surface area contributed by atoms with E-state index in [4.69, 9.17) is 14.2 Å². The van der Waals surface area contributed by atoms with Gasteiger partial charge in [-0.25, -0.2) is 9.79 Å². The highest BCUT2D eigenvalue weighted by Gasteiger charge is 2.33. The Hall–Kier alpha value is -5.89. The lowest BCUT2D eigenvalue weighted by Crippen LogP contribution is -2.39. The van der Waals surface area contributed by atoms with Crippen molar-refractivity contribution in [2.45, 2.75) is 19.9 Å². The normalized spacial score (nSPS) is 14.2.